The molecular weight excluding hydrogens is 382 g/mol. The molecule has 3 heterocycles. The zero-order chi connectivity index (χ0) is 21.8. The molecule has 4 rings (SSSR count). The van der Waals surface area contributed by atoms with Crippen LogP contribution in [0.2, 0.25) is 0 Å². The number of nitrogens with zero attached hydrogens (tertiary/aromatic N) is 5. The molecule has 0 saturated carbocycles. The van der Waals surface area contributed by atoms with Gasteiger partial charge in [-0.3, -0.25) is 4.98 Å². The van der Waals surface area contributed by atoms with E-state index in [2.05, 4.69) is 31.0 Å². The van der Waals surface area contributed by atoms with Gasteiger partial charge in [0.2, 0.25) is 5.82 Å². The van der Waals surface area contributed by atoms with Crippen LogP contribution in [0.4, 0.5) is 5.69 Å². The van der Waals surface area contributed by atoms with Crippen molar-refractivity contribution < 1.29 is 4.57 Å². The fraction of sp³-hybridized carbons (Fsp3) is 0.115. The predicted molar refractivity (Wildman–Crippen MR) is 117 cm³/mol. The second-order valence-electron chi connectivity index (χ2n) is 7.60. The topological polar surface area (TPSA) is 57.8 Å². The molecule has 31 heavy (non-hydrogen) atoms. The maximum absolute atomic E-state index is 9.17. The average Bonchev–Trinajstić information content (AvgIpc) is 2.84. The molecule has 0 aliphatic carbocycles. The second kappa shape index (κ2) is 8.18. The lowest BCUT2D eigenvalue weighted by atomic mass is 9.84. The highest BCUT2D eigenvalue weighted by Gasteiger charge is 2.30. The maximum Gasteiger partial charge on any atom is 0.248 e. The van der Waals surface area contributed by atoms with Gasteiger partial charge in [0, 0.05) is 18.0 Å². The molecule has 0 unspecified atom stereocenters. The minimum absolute atomic E-state index is 0.461. The van der Waals surface area contributed by atoms with Gasteiger partial charge in [-0.25, -0.2) is 4.85 Å². The Hall–Kier alpha value is -4.35. The van der Waals surface area contributed by atoms with Gasteiger partial charge in [0.1, 0.15) is 0 Å². The van der Waals surface area contributed by atoms with Crippen LogP contribution in [-0.2, 0) is 5.41 Å². The summed E-state index contributed by atoms with van der Waals surface area (Å²) in [6.45, 7) is 11.4. The molecule has 0 atom stereocenters. The Kier molecular flexibility index (Phi) is 5.26. The van der Waals surface area contributed by atoms with E-state index >= 15 is 0 Å². The van der Waals surface area contributed by atoms with E-state index in [1.807, 2.05) is 54.6 Å². The van der Waals surface area contributed by atoms with E-state index in [1.54, 1.807) is 29.0 Å². The first-order valence-corrected chi connectivity index (χ1v) is 9.78. The average molecular weight is 401 g/mol. The molecule has 5 heteroatoms. The van der Waals surface area contributed by atoms with E-state index < -0.39 is 5.41 Å². The monoisotopic (exact) mass is 401 g/mol. The summed E-state index contributed by atoms with van der Waals surface area (Å²) in [6, 6.07) is 24.8. The fourth-order valence-electron chi connectivity index (χ4n) is 3.34. The van der Waals surface area contributed by atoms with Gasteiger partial charge in [0.15, 0.2) is 11.4 Å². The lowest BCUT2D eigenvalue weighted by molar-refractivity contribution is -0.604. The first kappa shape index (κ1) is 19.9. The number of rotatable bonds is 4. The van der Waals surface area contributed by atoms with Gasteiger partial charge in [-0.05, 0) is 49.7 Å². The van der Waals surface area contributed by atoms with Gasteiger partial charge < -0.3 is 4.57 Å². The van der Waals surface area contributed by atoms with Crippen molar-refractivity contribution in [3.8, 4) is 23.1 Å². The van der Waals surface area contributed by atoms with Crippen LogP contribution in [0.1, 0.15) is 30.8 Å². The summed E-state index contributed by atoms with van der Waals surface area (Å²) in [7, 11) is 0. The normalized spacial score (nSPS) is 10.8. The fourth-order valence-corrected chi connectivity index (χ4v) is 3.34. The third-order valence-corrected chi connectivity index (χ3v) is 5.16. The molecule has 4 aromatic rings. The second-order valence-corrected chi connectivity index (χ2v) is 7.60. The summed E-state index contributed by atoms with van der Waals surface area (Å²) < 4.78 is 1.72. The lowest BCUT2D eigenvalue weighted by Crippen LogP contribution is -2.33. The van der Waals surface area contributed by atoms with Crippen molar-refractivity contribution in [3.05, 3.63) is 114 Å². The van der Waals surface area contributed by atoms with E-state index in [1.165, 1.54) is 0 Å². The minimum Gasteiger partial charge on any atom is -0.320 e. The molecule has 0 saturated heterocycles. The summed E-state index contributed by atoms with van der Waals surface area (Å²) in [5.41, 5.74) is 4.13. The van der Waals surface area contributed by atoms with Gasteiger partial charge in [-0.15, -0.1) is 12.1 Å². The van der Waals surface area contributed by atoms with Crippen LogP contribution in [0.15, 0.2) is 79.0 Å². The molecule has 0 amide bonds. The molecule has 0 N–H and O–H groups in total. The number of aromatic nitrogens is 3. The summed E-state index contributed by atoms with van der Waals surface area (Å²) in [4.78, 5) is 13.2. The van der Waals surface area contributed by atoms with Gasteiger partial charge in [-0.1, -0.05) is 35.3 Å². The van der Waals surface area contributed by atoms with Gasteiger partial charge in [-0.2, -0.15) is 5.26 Å². The number of nitriles is 1. The van der Waals surface area contributed by atoms with Crippen molar-refractivity contribution >= 4 is 5.69 Å². The van der Waals surface area contributed by atoms with E-state index in [0.29, 0.717) is 17.1 Å². The van der Waals surface area contributed by atoms with Gasteiger partial charge >= 0.3 is 0 Å². The van der Waals surface area contributed by atoms with Gasteiger partial charge in [0.25, 0.3) is 0 Å². The van der Waals surface area contributed by atoms with Crippen LogP contribution in [0.3, 0.4) is 0 Å². The molecule has 0 fully saturated rings. The number of pyridine rings is 3. The zero-order valence-electron chi connectivity index (χ0n) is 17.2. The molecular formula is C26H19N5. The standard InChI is InChI=1S/C26H19N5/c1-26(2,23-12-5-11-22(29-23)20-9-4-10-21(16-20)28-3)24-13-6-14-25(30-24)31-15-7-8-19(17-27)18-31/h4-14,16,18H,1-2H3. The Morgan fingerprint density at radius 2 is 1.74 bits per heavy atom. The van der Waals surface area contributed by atoms with Gasteiger partial charge in [0.05, 0.1) is 29.4 Å². The molecule has 0 spiro atoms. The highest BCUT2D eigenvalue weighted by molar-refractivity contribution is 5.65. The molecule has 5 nitrogen and oxygen atoms in total. The SMILES string of the molecule is [C-]#[N+]c1cccc(-c2cccc(C(C)(C)c3cccc(-[n+]4[c-]ccc(C#N)c4)n3)n2)c1. The minimum atomic E-state index is -0.461. The van der Waals surface area contributed by atoms with E-state index in [0.717, 1.165) is 22.6 Å². The third-order valence-electron chi connectivity index (χ3n) is 5.16. The highest BCUT2D eigenvalue weighted by atomic mass is 15.0. The van der Waals surface area contributed by atoms with Crippen LogP contribution >= 0.6 is 0 Å². The van der Waals surface area contributed by atoms with Crippen LogP contribution in [-0.4, -0.2) is 9.97 Å². The molecule has 0 aliphatic rings. The summed E-state index contributed by atoms with van der Waals surface area (Å²) in [5.74, 6) is 0.684. The van der Waals surface area contributed by atoms with Crippen LogP contribution < -0.4 is 4.57 Å². The van der Waals surface area contributed by atoms with Crippen molar-refractivity contribution in [2.75, 3.05) is 0 Å². The first-order valence-electron chi connectivity index (χ1n) is 9.78. The Morgan fingerprint density at radius 3 is 2.52 bits per heavy atom. The van der Waals surface area contributed by atoms with Crippen molar-refractivity contribution in [2.24, 2.45) is 0 Å². The lowest BCUT2D eigenvalue weighted by Gasteiger charge is -2.22. The zero-order valence-corrected chi connectivity index (χ0v) is 17.2. The van der Waals surface area contributed by atoms with E-state index in [4.69, 9.17) is 16.5 Å². The summed E-state index contributed by atoms with van der Waals surface area (Å²) in [5, 5.41) is 9.17. The number of benzene rings is 1. The maximum atomic E-state index is 9.17. The molecule has 0 radical (unpaired) electrons. The number of hydrogen-bond acceptors (Lipinski definition) is 3. The number of hydrogen-bond donors (Lipinski definition) is 0. The van der Waals surface area contributed by atoms with Crippen molar-refractivity contribution in [3.63, 3.8) is 0 Å². The quantitative estimate of drug-likeness (QED) is 0.358. The third kappa shape index (κ3) is 4.03. The van der Waals surface area contributed by atoms with Crippen LogP contribution in [0, 0.1) is 24.1 Å². The van der Waals surface area contributed by atoms with Crippen molar-refractivity contribution in [1.29, 1.82) is 5.26 Å². The van der Waals surface area contributed by atoms with Crippen LogP contribution in [0.25, 0.3) is 21.9 Å². The van der Waals surface area contributed by atoms with Crippen molar-refractivity contribution in [2.45, 2.75) is 19.3 Å². The Morgan fingerprint density at radius 1 is 1.00 bits per heavy atom. The Balaban J connectivity index is 1.74. The molecule has 1 aromatic carbocycles. The summed E-state index contributed by atoms with van der Waals surface area (Å²) >= 11 is 0. The molecule has 0 bridgehead atoms. The molecule has 148 valence electrons. The molecule has 3 aromatic heterocycles. The smallest absolute Gasteiger partial charge is 0.248 e. The van der Waals surface area contributed by atoms with Crippen LogP contribution in [0.5, 0.6) is 0 Å². The van der Waals surface area contributed by atoms with Crippen molar-refractivity contribution in [1.82, 2.24) is 9.97 Å². The highest BCUT2D eigenvalue weighted by Crippen LogP contribution is 2.31. The molecule has 0 aliphatic heterocycles. The Labute approximate surface area is 181 Å². The largest absolute Gasteiger partial charge is 0.320 e. The Bertz CT molecular complexity index is 1240. The van der Waals surface area contributed by atoms with E-state index in [-0.39, 0.29) is 0 Å². The summed E-state index contributed by atoms with van der Waals surface area (Å²) in [6.07, 6.45) is 4.79. The van der Waals surface area contributed by atoms with E-state index in [9.17, 15) is 5.26 Å². The first-order chi connectivity index (χ1) is 15.0. The predicted octanol–water partition coefficient (Wildman–Crippen LogP) is 4.97.